The molecule has 1 aromatic rings. The maximum absolute atomic E-state index is 12.9. The molecule has 1 aliphatic heterocycles. The van der Waals surface area contributed by atoms with Gasteiger partial charge >= 0.3 is 5.97 Å². The number of halogens is 1. The summed E-state index contributed by atoms with van der Waals surface area (Å²) in [6.45, 7) is 6.46. The first kappa shape index (κ1) is 19.9. The Bertz CT molecular complexity index is 668. The Morgan fingerprint density at radius 3 is 2.35 bits per heavy atom. The van der Waals surface area contributed by atoms with E-state index in [0.29, 0.717) is 18.7 Å². The molecule has 0 radical (unpaired) electrons. The molecule has 1 aliphatic rings. The molecule has 2 unspecified atom stereocenters. The van der Waals surface area contributed by atoms with Crippen LogP contribution in [0.25, 0.3) is 0 Å². The van der Waals surface area contributed by atoms with Crippen molar-refractivity contribution in [3.05, 3.63) is 29.3 Å². The van der Waals surface area contributed by atoms with Gasteiger partial charge in [-0.05, 0) is 38.5 Å². The van der Waals surface area contributed by atoms with E-state index in [9.17, 15) is 13.2 Å². The lowest BCUT2D eigenvalue weighted by atomic mass is 10.1. The number of aryl methyl sites for hydroxylation is 1. The van der Waals surface area contributed by atoms with Gasteiger partial charge in [-0.2, -0.15) is 4.31 Å². The second-order valence-corrected chi connectivity index (χ2v) is 7.67. The van der Waals surface area contributed by atoms with Gasteiger partial charge in [0.25, 0.3) is 0 Å². The summed E-state index contributed by atoms with van der Waals surface area (Å²) in [6, 6.07) is 4.77. The van der Waals surface area contributed by atoms with Gasteiger partial charge in [0.2, 0.25) is 10.0 Å². The molecule has 0 saturated carbocycles. The summed E-state index contributed by atoms with van der Waals surface area (Å²) in [5, 5.41) is 3.31. The molecule has 0 aromatic heterocycles. The van der Waals surface area contributed by atoms with Gasteiger partial charge in [0, 0.05) is 25.2 Å². The van der Waals surface area contributed by atoms with Crippen molar-refractivity contribution in [3.63, 3.8) is 0 Å². The highest BCUT2D eigenvalue weighted by Gasteiger charge is 2.32. The lowest BCUT2D eigenvalue weighted by Crippen LogP contribution is -2.55. The van der Waals surface area contributed by atoms with E-state index in [0.717, 1.165) is 0 Å². The van der Waals surface area contributed by atoms with Gasteiger partial charge < -0.3 is 10.1 Å². The third-order valence-electron chi connectivity index (χ3n) is 3.75. The van der Waals surface area contributed by atoms with E-state index in [1.807, 2.05) is 13.8 Å². The van der Waals surface area contributed by atoms with E-state index in [2.05, 4.69) is 10.1 Å². The number of sulfonamides is 1. The number of nitrogens with zero attached hydrogens (tertiary/aromatic N) is 1. The Kier molecular flexibility index (Phi) is 6.59. The molecule has 0 spiro atoms. The van der Waals surface area contributed by atoms with Gasteiger partial charge in [-0.25, -0.2) is 13.2 Å². The number of carbonyl (C=O) groups excluding carboxylic acids is 1. The predicted octanol–water partition coefficient (Wildman–Crippen LogP) is 1.57. The second-order valence-electron chi connectivity index (χ2n) is 5.76. The lowest BCUT2D eigenvalue weighted by molar-refractivity contribution is 0.0600. The average molecular weight is 363 g/mol. The molecule has 1 N–H and O–H groups in total. The quantitative estimate of drug-likeness (QED) is 0.826. The topological polar surface area (TPSA) is 75.7 Å². The molecule has 0 aliphatic carbocycles. The van der Waals surface area contributed by atoms with Crippen LogP contribution in [0.5, 0.6) is 0 Å². The van der Waals surface area contributed by atoms with Crippen LogP contribution in [-0.2, 0) is 14.8 Å². The van der Waals surface area contributed by atoms with Crippen LogP contribution in [0.1, 0.15) is 29.8 Å². The van der Waals surface area contributed by atoms with Gasteiger partial charge in [-0.3, -0.25) is 0 Å². The minimum atomic E-state index is -3.64. The number of benzene rings is 1. The molecule has 2 rings (SSSR count). The number of nitrogens with one attached hydrogen (secondary N) is 1. The van der Waals surface area contributed by atoms with Crippen molar-refractivity contribution in [3.8, 4) is 0 Å². The van der Waals surface area contributed by atoms with Crippen molar-refractivity contribution in [2.24, 2.45) is 0 Å². The van der Waals surface area contributed by atoms with E-state index in [4.69, 9.17) is 0 Å². The fraction of sp³-hybridized carbons (Fsp3) is 0.533. The minimum Gasteiger partial charge on any atom is -0.465 e. The summed E-state index contributed by atoms with van der Waals surface area (Å²) in [6.07, 6.45) is 0. The van der Waals surface area contributed by atoms with Crippen LogP contribution in [0, 0.1) is 6.92 Å². The summed E-state index contributed by atoms with van der Waals surface area (Å²) in [5.74, 6) is -0.543. The number of esters is 1. The molecule has 0 bridgehead atoms. The average Bonchev–Trinajstić information content (AvgIpc) is 2.45. The molecule has 1 saturated heterocycles. The number of hydrogen-bond acceptors (Lipinski definition) is 5. The Balaban J connectivity index is 0.00000264. The van der Waals surface area contributed by atoms with E-state index >= 15 is 0 Å². The smallest absolute Gasteiger partial charge is 0.337 e. The number of methoxy groups -OCH3 is 1. The van der Waals surface area contributed by atoms with Gasteiger partial charge in [0.15, 0.2) is 0 Å². The standard InChI is InChI=1S/C15H22N2O4S.ClH/c1-10-5-6-13(15(18)21-4)7-14(10)22(19,20)17-8-11(2)16-12(3)9-17;/h5-7,11-12,16H,8-9H2,1-4H3;1H. The number of rotatable bonds is 3. The first-order valence-electron chi connectivity index (χ1n) is 7.21. The maximum Gasteiger partial charge on any atom is 0.337 e. The molecular weight excluding hydrogens is 340 g/mol. The van der Waals surface area contributed by atoms with E-state index < -0.39 is 16.0 Å². The molecule has 23 heavy (non-hydrogen) atoms. The molecule has 0 amide bonds. The third-order valence-corrected chi connectivity index (χ3v) is 5.72. The summed E-state index contributed by atoms with van der Waals surface area (Å²) in [4.78, 5) is 11.8. The van der Waals surface area contributed by atoms with Crippen molar-refractivity contribution in [2.75, 3.05) is 20.2 Å². The van der Waals surface area contributed by atoms with Gasteiger partial charge in [-0.15, -0.1) is 12.4 Å². The SMILES string of the molecule is COC(=O)c1ccc(C)c(S(=O)(=O)N2CC(C)NC(C)C2)c1.Cl. The Labute approximate surface area is 143 Å². The maximum atomic E-state index is 12.9. The van der Waals surface area contributed by atoms with E-state index in [-0.39, 0.29) is 34.9 Å². The van der Waals surface area contributed by atoms with E-state index in [1.165, 1.54) is 17.5 Å². The molecular formula is C15H23ClN2O4S. The highest BCUT2D eigenvalue weighted by Crippen LogP contribution is 2.23. The van der Waals surface area contributed by atoms with Crippen LogP contribution in [-0.4, -0.2) is 51.0 Å². The Hall–Kier alpha value is -1.15. The third kappa shape index (κ3) is 4.23. The van der Waals surface area contributed by atoms with Crippen molar-refractivity contribution in [1.82, 2.24) is 9.62 Å². The molecule has 1 aromatic carbocycles. The highest BCUT2D eigenvalue weighted by atomic mass is 35.5. The Morgan fingerprint density at radius 2 is 1.83 bits per heavy atom. The summed E-state index contributed by atoms with van der Waals surface area (Å²) < 4.78 is 32.0. The Morgan fingerprint density at radius 1 is 1.26 bits per heavy atom. The zero-order valence-electron chi connectivity index (χ0n) is 13.7. The van der Waals surface area contributed by atoms with Crippen LogP contribution in [0.3, 0.4) is 0 Å². The molecule has 6 nitrogen and oxygen atoms in total. The summed E-state index contributed by atoms with van der Waals surface area (Å²) in [5.41, 5.74) is 0.856. The summed E-state index contributed by atoms with van der Waals surface area (Å²) in [7, 11) is -2.36. The lowest BCUT2D eigenvalue weighted by Gasteiger charge is -2.35. The second kappa shape index (κ2) is 7.61. The zero-order chi connectivity index (χ0) is 16.5. The fourth-order valence-electron chi connectivity index (χ4n) is 2.73. The fourth-order valence-corrected chi connectivity index (χ4v) is 4.60. The number of piperazine rings is 1. The number of carbonyl (C=O) groups is 1. The van der Waals surface area contributed by atoms with Gasteiger partial charge in [-0.1, -0.05) is 6.07 Å². The van der Waals surface area contributed by atoms with Crippen LogP contribution >= 0.6 is 12.4 Å². The van der Waals surface area contributed by atoms with Gasteiger partial charge in [0.1, 0.15) is 0 Å². The largest absolute Gasteiger partial charge is 0.465 e. The normalized spacial score (nSPS) is 22.3. The number of ether oxygens (including phenoxy) is 1. The predicted molar refractivity (Wildman–Crippen MR) is 90.6 cm³/mol. The molecule has 130 valence electrons. The van der Waals surface area contributed by atoms with Crippen molar-refractivity contribution in [1.29, 1.82) is 0 Å². The van der Waals surface area contributed by atoms with Crippen LogP contribution in [0.15, 0.2) is 23.1 Å². The van der Waals surface area contributed by atoms with Crippen molar-refractivity contribution in [2.45, 2.75) is 37.8 Å². The van der Waals surface area contributed by atoms with E-state index in [1.54, 1.807) is 19.1 Å². The number of hydrogen-bond donors (Lipinski definition) is 1. The molecule has 1 fully saturated rings. The van der Waals surface area contributed by atoms with Crippen molar-refractivity contribution >= 4 is 28.4 Å². The summed E-state index contributed by atoms with van der Waals surface area (Å²) >= 11 is 0. The van der Waals surface area contributed by atoms with Crippen molar-refractivity contribution < 1.29 is 17.9 Å². The first-order chi connectivity index (χ1) is 10.3. The first-order valence-corrected chi connectivity index (χ1v) is 8.65. The van der Waals surface area contributed by atoms with Crippen LogP contribution in [0.2, 0.25) is 0 Å². The molecule has 2 atom stereocenters. The molecule has 1 heterocycles. The minimum absolute atomic E-state index is 0. The molecule has 8 heteroatoms. The zero-order valence-corrected chi connectivity index (χ0v) is 15.3. The van der Waals surface area contributed by atoms with Crippen LogP contribution < -0.4 is 5.32 Å². The monoisotopic (exact) mass is 362 g/mol. The van der Waals surface area contributed by atoms with Gasteiger partial charge in [0.05, 0.1) is 17.6 Å². The van der Waals surface area contributed by atoms with Crippen LogP contribution in [0.4, 0.5) is 0 Å². The highest BCUT2D eigenvalue weighted by molar-refractivity contribution is 7.89.